The van der Waals surface area contributed by atoms with Crippen molar-refractivity contribution >= 4 is 28.5 Å². The van der Waals surface area contributed by atoms with Crippen molar-refractivity contribution in [3.05, 3.63) is 77.6 Å². The Morgan fingerprint density at radius 1 is 1.07 bits per heavy atom. The van der Waals surface area contributed by atoms with Crippen LogP contribution in [0.5, 0.6) is 11.5 Å². The van der Waals surface area contributed by atoms with E-state index in [1.165, 1.54) is 22.8 Å². The number of hydrogen-bond donors (Lipinski definition) is 1. The fourth-order valence-corrected chi connectivity index (χ4v) is 4.39. The lowest BCUT2D eigenvalue weighted by Crippen LogP contribution is -2.50. The third-order valence-corrected chi connectivity index (χ3v) is 6.22. The summed E-state index contributed by atoms with van der Waals surface area (Å²) < 4.78 is 27.5. The minimum absolute atomic E-state index is 0.222. The van der Waals surface area contributed by atoms with Crippen molar-refractivity contribution < 1.29 is 23.5 Å². The van der Waals surface area contributed by atoms with Gasteiger partial charge in [-0.1, -0.05) is 29.5 Å². The van der Waals surface area contributed by atoms with E-state index in [1.54, 1.807) is 49.4 Å². The molecule has 0 saturated heterocycles. The molecular weight excluding hydrogens is 513 g/mol. The zero-order valence-corrected chi connectivity index (χ0v) is 23.6. The van der Waals surface area contributed by atoms with Gasteiger partial charge in [-0.05, 0) is 82.1 Å². The predicted molar refractivity (Wildman–Crippen MR) is 151 cm³/mol. The second kappa shape index (κ2) is 11.7. The zero-order chi connectivity index (χ0) is 29.0. The summed E-state index contributed by atoms with van der Waals surface area (Å²) in [4.78, 5) is 29.4. The van der Waals surface area contributed by atoms with Gasteiger partial charge in [-0.2, -0.15) is 0 Å². The van der Waals surface area contributed by atoms with Crippen LogP contribution in [-0.4, -0.2) is 46.1 Å². The molecule has 0 aliphatic rings. The lowest BCUT2D eigenvalue weighted by atomic mass is 9.99. The van der Waals surface area contributed by atoms with E-state index < -0.39 is 29.2 Å². The zero-order valence-electron chi connectivity index (χ0n) is 23.6. The number of anilines is 1. The van der Waals surface area contributed by atoms with Gasteiger partial charge < -0.3 is 14.8 Å². The number of rotatable bonds is 9. The first-order valence-corrected chi connectivity index (χ1v) is 13.0. The molecule has 0 aliphatic heterocycles. The van der Waals surface area contributed by atoms with Crippen molar-refractivity contribution in [3.8, 4) is 11.5 Å². The van der Waals surface area contributed by atoms with Crippen LogP contribution in [0.4, 0.5) is 10.1 Å². The van der Waals surface area contributed by atoms with Crippen LogP contribution in [-0.2, 0) is 16.1 Å². The maximum atomic E-state index is 14.9. The van der Waals surface area contributed by atoms with Gasteiger partial charge >= 0.3 is 0 Å². The van der Waals surface area contributed by atoms with Gasteiger partial charge in [-0.25, -0.2) is 9.07 Å². The maximum absolute atomic E-state index is 14.9. The molecule has 2 amide bonds. The van der Waals surface area contributed by atoms with E-state index in [0.717, 1.165) is 0 Å². The van der Waals surface area contributed by atoms with Crippen LogP contribution >= 0.6 is 0 Å². The number of aryl methyl sites for hydroxylation is 1. The Kier molecular flexibility index (Phi) is 8.37. The Balaban J connectivity index is 1.88. The second-order valence-electron chi connectivity index (χ2n) is 10.4. The van der Waals surface area contributed by atoms with Gasteiger partial charge in [0.15, 0.2) is 11.5 Å². The summed E-state index contributed by atoms with van der Waals surface area (Å²) in [6.45, 7) is 9.22. The van der Waals surface area contributed by atoms with E-state index in [1.807, 2.05) is 39.8 Å². The van der Waals surface area contributed by atoms with E-state index >= 15 is 0 Å². The minimum Gasteiger partial charge on any atom is -0.493 e. The number of benzene rings is 3. The SMILES string of the molecule is CCOc1ccc(C(C(=O)NC(C)(C)C)N(C(=O)Cn2nnc3ccccc32)c2ccc(C)c(F)c2)cc1OC. The molecule has 0 fully saturated rings. The maximum Gasteiger partial charge on any atom is 0.249 e. The molecule has 4 rings (SSSR count). The summed E-state index contributed by atoms with van der Waals surface area (Å²) in [6, 6.07) is 15.6. The van der Waals surface area contributed by atoms with Crippen molar-refractivity contribution in [1.29, 1.82) is 0 Å². The van der Waals surface area contributed by atoms with Gasteiger partial charge in [0.2, 0.25) is 11.8 Å². The van der Waals surface area contributed by atoms with Crippen LogP contribution in [0.25, 0.3) is 11.0 Å². The van der Waals surface area contributed by atoms with E-state index in [4.69, 9.17) is 9.47 Å². The number of aromatic nitrogens is 3. The minimum atomic E-state index is -1.17. The quantitative estimate of drug-likeness (QED) is 0.318. The van der Waals surface area contributed by atoms with E-state index in [9.17, 15) is 14.0 Å². The Morgan fingerprint density at radius 3 is 2.50 bits per heavy atom. The fourth-order valence-electron chi connectivity index (χ4n) is 4.39. The van der Waals surface area contributed by atoms with Crippen LogP contribution < -0.4 is 19.7 Å². The Hall–Kier alpha value is -4.47. The fraction of sp³-hybridized carbons (Fsp3) is 0.333. The van der Waals surface area contributed by atoms with Crippen molar-refractivity contribution in [1.82, 2.24) is 20.3 Å². The highest BCUT2D eigenvalue weighted by atomic mass is 19.1. The number of nitrogens with one attached hydrogen (secondary N) is 1. The van der Waals surface area contributed by atoms with Gasteiger partial charge in [-0.3, -0.25) is 14.5 Å². The second-order valence-corrected chi connectivity index (χ2v) is 10.4. The summed E-state index contributed by atoms with van der Waals surface area (Å²) in [5.74, 6) is -0.534. The standard InChI is InChI=1S/C30H34FN5O4/c1-7-40-25-15-13-20(16-26(25)39-6)28(29(38)32-30(3,4)5)36(21-14-12-19(2)22(31)17-21)27(37)18-35-24-11-9-8-10-23(24)33-34-35/h8-17,28H,7,18H2,1-6H3,(H,32,38). The summed E-state index contributed by atoms with van der Waals surface area (Å²) in [5, 5.41) is 11.3. The predicted octanol–water partition coefficient (Wildman–Crippen LogP) is 4.98. The number of methoxy groups -OCH3 is 1. The molecule has 1 aromatic heterocycles. The first-order valence-electron chi connectivity index (χ1n) is 13.0. The van der Waals surface area contributed by atoms with Gasteiger partial charge in [0.1, 0.15) is 23.9 Å². The summed E-state index contributed by atoms with van der Waals surface area (Å²) >= 11 is 0. The molecule has 10 heteroatoms. The first kappa shape index (κ1) is 28.5. The largest absolute Gasteiger partial charge is 0.493 e. The Morgan fingerprint density at radius 2 is 1.82 bits per heavy atom. The van der Waals surface area contributed by atoms with Crippen molar-refractivity contribution in [2.45, 2.75) is 52.7 Å². The average Bonchev–Trinajstić information content (AvgIpc) is 3.31. The molecule has 0 bridgehead atoms. The monoisotopic (exact) mass is 547 g/mol. The summed E-state index contributed by atoms with van der Waals surface area (Å²) in [5.41, 5.74) is 1.77. The van der Waals surface area contributed by atoms with Gasteiger partial charge in [0.25, 0.3) is 0 Å². The summed E-state index contributed by atoms with van der Waals surface area (Å²) in [6.07, 6.45) is 0. The number of carbonyl (C=O) groups excluding carboxylic acids is 2. The molecule has 4 aromatic rings. The number of hydrogen-bond acceptors (Lipinski definition) is 6. The van der Waals surface area contributed by atoms with E-state index in [-0.39, 0.29) is 12.2 Å². The highest BCUT2D eigenvalue weighted by molar-refractivity contribution is 6.01. The summed E-state index contributed by atoms with van der Waals surface area (Å²) in [7, 11) is 1.50. The van der Waals surface area contributed by atoms with Crippen LogP contribution in [0.1, 0.15) is 44.9 Å². The van der Waals surface area contributed by atoms with Gasteiger partial charge in [0, 0.05) is 11.2 Å². The highest BCUT2D eigenvalue weighted by Crippen LogP contribution is 2.35. The van der Waals surface area contributed by atoms with Crippen molar-refractivity contribution in [3.63, 3.8) is 0 Å². The number of amides is 2. The molecule has 1 N–H and O–H groups in total. The first-order chi connectivity index (χ1) is 19.0. The van der Waals surface area contributed by atoms with Crippen LogP contribution in [0.2, 0.25) is 0 Å². The molecule has 3 aromatic carbocycles. The Labute approximate surface area is 232 Å². The Bertz CT molecular complexity index is 1530. The molecule has 9 nitrogen and oxygen atoms in total. The lowest BCUT2D eigenvalue weighted by Gasteiger charge is -2.34. The molecular formula is C30H34FN5O4. The highest BCUT2D eigenvalue weighted by Gasteiger charge is 2.35. The molecule has 0 aliphatic carbocycles. The molecule has 210 valence electrons. The normalized spacial score (nSPS) is 12.2. The number of ether oxygens (including phenoxy) is 2. The van der Waals surface area contributed by atoms with Gasteiger partial charge in [-0.15, -0.1) is 5.10 Å². The number of carbonyl (C=O) groups is 2. The van der Waals surface area contributed by atoms with Crippen LogP contribution in [0, 0.1) is 12.7 Å². The lowest BCUT2D eigenvalue weighted by molar-refractivity contribution is -0.128. The molecule has 1 atom stereocenters. The number of nitrogens with zero attached hydrogens (tertiary/aromatic N) is 4. The third kappa shape index (κ3) is 6.22. The third-order valence-electron chi connectivity index (χ3n) is 6.22. The van der Waals surface area contributed by atoms with Crippen LogP contribution in [0.3, 0.4) is 0 Å². The number of para-hydroxylation sites is 1. The molecule has 0 radical (unpaired) electrons. The van der Waals surface area contributed by atoms with Crippen LogP contribution in [0.15, 0.2) is 60.7 Å². The number of fused-ring (bicyclic) bond motifs is 1. The van der Waals surface area contributed by atoms with Crippen molar-refractivity contribution in [2.75, 3.05) is 18.6 Å². The molecule has 1 unspecified atom stereocenters. The van der Waals surface area contributed by atoms with Gasteiger partial charge in [0.05, 0.1) is 19.2 Å². The molecule has 0 spiro atoms. The van der Waals surface area contributed by atoms with E-state index in [0.29, 0.717) is 40.3 Å². The average molecular weight is 548 g/mol. The molecule has 40 heavy (non-hydrogen) atoms. The number of halogens is 1. The van der Waals surface area contributed by atoms with E-state index in [2.05, 4.69) is 15.6 Å². The molecule has 0 saturated carbocycles. The topological polar surface area (TPSA) is 98.6 Å². The van der Waals surface area contributed by atoms with Crippen molar-refractivity contribution in [2.24, 2.45) is 0 Å². The molecule has 1 heterocycles. The smallest absolute Gasteiger partial charge is 0.249 e.